The number of benzene rings is 2. The molecule has 0 amide bonds. The molecule has 10 heteroatoms. The maximum atomic E-state index is 11.8. The number of H-pyrrole nitrogens is 1. The van der Waals surface area contributed by atoms with Crippen molar-refractivity contribution in [1.82, 2.24) is 19.7 Å². The van der Waals surface area contributed by atoms with Crippen LogP contribution in [0.3, 0.4) is 0 Å². The molecule has 0 fully saturated rings. The van der Waals surface area contributed by atoms with Gasteiger partial charge in [-0.1, -0.05) is 48.5 Å². The molecule has 172 valence electrons. The number of fused-ring (bicyclic) bond motifs is 1. The molecule has 5 rings (SSSR count). The Labute approximate surface area is 197 Å². The number of aryl methyl sites for hydroxylation is 1. The monoisotopic (exact) mass is 476 g/mol. The zero-order valence-electron chi connectivity index (χ0n) is 18.4. The lowest BCUT2D eigenvalue weighted by atomic mass is 9.98. The van der Waals surface area contributed by atoms with E-state index in [1.807, 2.05) is 66.9 Å². The summed E-state index contributed by atoms with van der Waals surface area (Å²) in [5, 5.41) is 12.3. The SMILES string of the molecule is CCOc1nc2c(C)sc(C(=O)O)c2n1Cc1ccc(-c2ccccc2-c2nc(=O)o[nH]2)cc1. The number of carboxylic acid groups (broad SMARTS) is 1. The molecule has 0 aliphatic carbocycles. The molecule has 2 aromatic carbocycles. The molecule has 0 radical (unpaired) electrons. The third-order valence-corrected chi connectivity index (χ3v) is 6.50. The van der Waals surface area contributed by atoms with Crippen molar-refractivity contribution < 1.29 is 19.2 Å². The van der Waals surface area contributed by atoms with Gasteiger partial charge in [-0.2, -0.15) is 15.1 Å². The van der Waals surface area contributed by atoms with E-state index in [0.29, 0.717) is 36.0 Å². The summed E-state index contributed by atoms with van der Waals surface area (Å²) < 4.78 is 12.3. The zero-order valence-corrected chi connectivity index (χ0v) is 19.2. The molecule has 9 nitrogen and oxygen atoms in total. The van der Waals surface area contributed by atoms with E-state index in [1.54, 1.807) is 0 Å². The fourth-order valence-corrected chi connectivity index (χ4v) is 4.88. The smallest absolute Gasteiger partial charge is 0.460 e. The normalized spacial score (nSPS) is 11.2. The van der Waals surface area contributed by atoms with Crippen molar-refractivity contribution in [3.8, 4) is 28.5 Å². The van der Waals surface area contributed by atoms with E-state index >= 15 is 0 Å². The van der Waals surface area contributed by atoms with Crippen LogP contribution in [0.15, 0.2) is 57.8 Å². The summed E-state index contributed by atoms with van der Waals surface area (Å²) in [7, 11) is 0. The second-order valence-corrected chi connectivity index (χ2v) is 8.80. The van der Waals surface area contributed by atoms with Gasteiger partial charge >= 0.3 is 11.7 Å². The Morgan fingerprint density at radius 2 is 1.88 bits per heavy atom. The van der Waals surface area contributed by atoms with Crippen molar-refractivity contribution in [3.05, 3.63) is 74.4 Å². The summed E-state index contributed by atoms with van der Waals surface area (Å²) >= 11 is 1.22. The van der Waals surface area contributed by atoms with Gasteiger partial charge in [0, 0.05) is 10.4 Å². The Balaban J connectivity index is 1.52. The number of aromatic carboxylic acids is 1. The van der Waals surface area contributed by atoms with Crippen molar-refractivity contribution in [2.45, 2.75) is 20.4 Å². The standard InChI is InChI=1S/C24H20N4O5S/c1-3-32-23-25-18-13(2)34-20(22(29)30)19(18)28(23)12-14-8-10-15(11-9-14)16-6-4-5-7-17(16)21-26-24(31)33-27-21/h4-11H,3,12H2,1-2H3,(H,29,30)(H,26,27,31). The van der Waals surface area contributed by atoms with Crippen LogP contribution in [-0.4, -0.2) is 37.4 Å². The second-order valence-electron chi connectivity index (χ2n) is 7.58. The molecule has 0 unspecified atom stereocenters. The molecule has 0 bridgehead atoms. The maximum Gasteiger partial charge on any atom is 0.460 e. The summed E-state index contributed by atoms with van der Waals surface area (Å²) in [6, 6.07) is 15.9. The Hall–Kier alpha value is -4.18. The molecule has 0 saturated heterocycles. The molecule has 34 heavy (non-hydrogen) atoms. The van der Waals surface area contributed by atoms with Crippen LogP contribution in [0.4, 0.5) is 0 Å². The minimum Gasteiger partial charge on any atom is -0.477 e. The Kier molecular flexibility index (Phi) is 5.50. The molecule has 2 N–H and O–H groups in total. The van der Waals surface area contributed by atoms with Crippen LogP contribution >= 0.6 is 11.3 Å². The van der Waals surface area contributed by atoms with Gasteiger partial charge in [0.2, 0.25) is 0 Å². The first kappa shape index (κ1) is 21.7. The molecular formula is C24H20N4O5S. The first-order valence-corrected chi connectivity index (χ1v) is 11.4. The highest BCUT2D eigenvalue weighted by Crippen LogP contribution is 2.35. The number of hydrogen-bond donors (Lipinski definition) is 2. The van der Waals surface area contributed by atoms with Gasteiger partial charge in [-0.05, 0) is 30.5 Å². The molecule has 3 aromatic heterocycles. The Morgan fingerprint density at radius 1 is 1.15 bits per heavy atom. The second kappa shape index (κ2) is 8.64. The maximum absolute atomic E-state index is 11.8. The minimum absolute atomic E-state index is 0.248. The lowest BCUT2D eigenvalue weighted by molar-refractivity contribution is 0.0703. The number of nitrogens with zero attached hydrogens (tertiary/aromatic N) is 3. The molecule has 0 aliphatic heterocycles. The van der Waals surface area contributed by atoms with Gasteiger partial charge in [-0.25, -0.2) is 9.59 Å². The molecule has 0 saturated carbocycles. The van der Waals surface area contributed by atoms with Gasteiger partial charge in [-0.15, -0.1) is 11.3 Å². The summed E-state index contributed by atoms with van der Waals surface area (Å²) in [5.74, 6) is -1.30. The van der Waals surface area contributed by atoms with Crippen LogP contribution in [0.2, 0.25) is 0 Å². The predicted octanol–water partition coefficient (Wildman–Crippen LogP) is 4.56. The molecule has 0 atom stereocenters. The van der Waals surface area contributed by atoms with E-state index in [9.17, 15) is 14.7 Å². The van der Waals surface area contributed by atoms with Crippen LogP contribution in [0, 0.1) is 6.92 Å². The van der Waals surface area contributed by atoms with Crippen LogP contribution in [0.5, 0.6) is 6.01 Å². The number of imidazole rings is 1. The van der Waals surface area contributed by atoms with E-state index in [4.69, 9.17) is 9.26 Å². The van der Waals surface area contributed by atoms with Crippen LogP contribution in [-0.2, 0) is 6.54 Å². The number of carboxylic acids is 1. The molecular weight excluding hydrogens is 456 g/mol. The average molecular weight is 477 g/mol. The van der Waals surface area contributed by atoms with Gasteiger partial charge in [0.25, 0.3) is 6.01 Å². The third-order valence-electron chi connectivity index (χ3n) is 5.43. The molecule has 5 aromatic rings. The largest absolute Gasteiger partial charge is 0.477 e. The lowest BCUT2D eigenvalue weighted by Gasteiger charge is -2.11. The summed E-state index contributed by atoms with van der Waals surface area (Å²) in [6.45, 7) is 4.55. The van der Waals surface area contributed by atoms with Gasteiger partial charge in [0.15, 0.2) is 5.82 Å². The first-order valence-electron chi connectivity index (χ1n) is 10.6. The van der Waals surface area contributed by atoms with Gasteiger partial charge in [0.1, 0.15) is 10.4 Å². The van der Waals surface area contributed by atoms with Crippen LogP contribution in [0.25, 0.3) is 33.5 Å². The minimum atomic E-state index is -0.981. The van der Waals surface area contributed by atoms with Gasteiger partial charge in [-0.3, -0.25) is 4.57 Å². The quantitative estimate of drug-likeness (QED) is 0.353. The summed E-state index contributed by atoms with van der Waals surface area (Å²) in [4.78, 5) is 32.7. The number of aromatic amines is 1. The van der Waals surface area contributed by atoms with Crippen molar-refractivity contribution in [1.29, 1.82) is 0 Å². The predicted molar refractivity (Wildman–Crippen MR) is 128 cm³/mol. The van der Waals surface area contributed by atoms with E-state index in [1.165, 1.54) is 11.3 Å². The lowest BCUT2D eigenvalue weighted by Crippen LogP contribution is -2.07. The number of nitrogens with one attached hydrogen (secondary N) is 1. The number of ether oxygens (including phenoxy) is 1. The number of carbonyl (C=O) groups is 1. The number of aromatic nitrogens is 4. The highest BCUT2D eigenvalue weighted by atomic mass is 32.1. The highest BCUT2D eigenvalue weighted by molar-refractivity contribution is 7.15. The third kappa shape index (κ3) is 3.77. The van der Waals surface area contributed by atoms with Crippen molar-refractivity contribution in [2.75, 3.05) is 6.61 Å². The number of hydrogen-bond acceptors (Lipinski definition) is 7. The molecule has 3 heterocycles. The van der Waals surface area contributed by atoms with Crippen molar-refractivity contribution >= 4 is 28.3 Å². The molecule has 0 spiro atoms. The average Bonchev–Trinajstić information content (AvgIpc) is 3.51. The summed E-state index contributed by atoms with van der Waals surface area (Å²) in [5.41, 5.74) is 4.75. The van der Waals surface area contributed by atoms with E-state index in [-0.39, 0.29) is 4.88 Å². The van der Waals surface area contributed by atoms with Gasteiger partial charge in [0.05, 0.1) is 18.7 Å². The first-order chi connectivity index (χ1) is 16.5. The van der Waals surface area contributed by atoms with Crippen LogP contribution < -0.4 is 10.5 Å². The zero-order chi connectivity index (χ0) is 23.8. The number of rotatable bonds is 7. The van der Waals surface area contributed by atoms with E-state index in [0.717, 1.165) is 27.1 Å². The Bertz CT molecular complexity index is 1560. The Morgan fingerprint density at radius 3 is 2.53 bits per heavy atom. The van der Waals surface area contributed by atoms with Crippen molar-refractivity contribution in [2.24, 2.45) is 0 Å². The van der Waals surface area contributed by atoms with Crippen LogP contribution in [0.1, 0.15) is 27.0 Å². The number of thiophene rings is 1. The van der Waals surface area contributed by atoms with E-state index < -0.39 is 11.7 Å². The summed E-state index contributed by atoms with van der Waals surface area (Å²) in [6.07, 6.45) is 0. The fourth-order valence-electron chi connectivity index (χ4n) is 3.95. The highest BCUT2D eigenvalue weighted by Gasteiger charge is 2.23. The van der Waals surface area contributed by atoms with Gasteiger partial charge < -0.3 is 14.4 Å². The van der Waals surface area contributed by atoms with Crippen molar-refractivity contribution in [3.63, 3.8) is 0 Å². The topological polar surface area (TPSA) is 123 Å². The van der Waals surface area contributed by atoms with E-state index in [2.05, 4.69) is 15.1 Å². The molecule has 0 aliphatic rings. The fraction of sp³-hybridized carbons (Fsp3) is 0.167.